The Balaban J connectivity index is 1.75. The number of hydrogen-bond donors (Lipinski definition) is 0. The number of allylic oxidation sites excluding steroid dienone is 12. The zero-order chi connectivity index (χ0) is 21.8. The summed E-state index contributed by atoms with van der Waals surface area (Å²) in [5.74, 6) is 0. The Morgan fingerprint density at radius 3 is 1.52 bits per heavy atom. The summed E-state index contributed by atoms with van der Waals surface area (Å²) in [5, 5.41) is 8.14. The summed E-state index contributed by atoms with van der Waals surface area (Å²) in [6.07, 6.45) is 23.4. The fourth-order valence-electron chi connectivity index (χ4n) is 5.88. The van der Waals surface area contributed by atoms with Crippen molar-refractivity contribution >= 4 is 49.0 Å². The molecule has 0 aliphatic heterocycles. The van der Waals surface area contributed by atoms with Crippen LogP contribution in [-0.4, -0.2) is 0 Å². The van der Waals surface area contributed by atoms with Crippen LogP contribution in [0.2, 0.25) is 0 Å². The van der Waals surface area contributed by atoms with Crippen molar-refractivity contribution in [3.05, 3.63) is 126 Å². The molecule has 0 heteroatoms. The Morgan fingerprint density at radius 2 is 0.939 bits per heavy atom. The zero-order valence-electron chi connectivity index (χ0n) is 18.5. The van der Waals surface area contributed by atoms with Gasteiger partial charge in [-0.05, 0) is 91.1 Å². The first kappa shape index (κ1) is 18.7. The van der Waals surface area contributed by atoms with Crippen molar-refractivity contribution in [2.75, 3.05) is 0 Å². The summed E-state index contributed by atoms with van der Waals surface area (Å²) >= 11 is 0. The van der Waals surface area contributed by atoms with Gasteiger partial charge in [-0.15, -0.1) is 0 Å². The molecule has 0 atom stereocenters. The molecule has 0 nitrogen and oxygen atoms in total. The second-order valence-electron chi connectivity index (χ2n) is 9.16. The van der Waals surface area contributed by atoms with Gasteiger partial charge >= 0.3 is 0 Å². The molecule has 3 aliphatic rings. The highest BCUT2D eigenvalue weighted by atomic mass is 14.3. The lowest BCUT2D eigenvalue weighted by molar-refractivity contribution is 1.35. The van der Waals surface area contributed by atoms with Crippen LogP contribution >= 0.6 is 0 Å². The normalized spacial score (nSPS) is 16.9. The number of benzene rings is 4. The van der Waals surface area contributed by atoms with Crippen LogP contribution in [0, 0.1) is 0 Å². The highest BCUT2D eigenvalue weighted by Gasteiger charge is 2.24. The summed E-state index contributed by atoms with van der Waals surface area (Å²) in [5.41, 5.74) is 8.53. The fourth-order valence-corrected chi connectivity index (χ4v) is 5.88. The number of hydrogen-bond acceptors (Lipinski definition) is 0. The third kappa shape index (κ3) is 2.77. The lowest BCUT2D eigenvalue weighted by Gasteiger charge is -2.23. The molecule has 0 heterocycles. The van der Waals surface area contributed by atoms with Gasteiger partial charge in [0.15, 0.2) is 0 Å². The Morgan fingerprint density at radius 1 is 0.455 bits per heavy atom. The van der Waals surface area contributed by atoms with Crippen LogP contribution in [0.3, 0.4) is 0 Å². The molecule has 0 N–H and O–H groups in total. The minimum absolute atomic E-state index is 0.991. The Kier molecular flexibility index (Phi) is 4.14. The van der Waals surface area contributed by atoms with Gasteiger partial charge in [-0.1, -0.05) is 103 Å². The van der Waals surface area contributed by atoms with E-state index in [0.717, 1.165) is 19.3 Å². The van der Waals surface area contributed by atoms with Crippen LogP contribution in [-0.2, 0) is 0 Å². The number of rotatable bonds is 3. The maximum absolute atomic E-state index is 2.49. The Bertz CT molecular complexity index is 1660. The summed E-state index contributed by atoms with van der Waals surface area (Å²) in [6.45, 7) is 0. The molecule has 7 rings (SSSR count). The van der Waals surface area contributed by atoms with Crippen molar-refractivity contribution in [2.24, 2.45) is 0 Å². The molecule has 0 radical (unpaired) electrons. The van der Waals surface area contributed by atoms with E-state index in [2.05, 4.69) is 109 Å². The average Bonchev–Trinajstić information content (AvgIpc) is 3.66. The Hall–Kier alpha value is -3.90. The van der Waals surface area contributed by atoms with E-state index >= 15 is 0 Å². The predicted molar refractivity (Wildman–Crippen MR) is 144 cm³/mol. The van der Waals surface area contributed by atoms with E-state index in [1.807, 2.05) is 0 Å². The largest absolute Gasteiger partial charge is 0.0801 e. The minimum atomic E-state index is 0.991. The smallest absolute Gasteiger partial charge is 0.00169 e. The van der Waals surface area contributed by atoms with Crippen LogP contribution in [0.25, 0.3) is 49.0 Å². The molecule has 0 saturated carbocycles. The first-order valence-electron chi connectivity index (χ1n) is 11.9. The lowest BCUT2D eigenvalue weighted by atomic mass is 9.80. The average molecular weight is 421 g/mol. The third-order valence-electron chi connectivity index (χ3n) is 7.33. The van der Waals surface area contributed by atoms with Gasteiger partial charge in [0.1, 0.15) is 0 Å². The van der Waals surface area contributed by atoms with Gasteiger partial charge in [-0.3, -0.25) is 0 Å². The van der Waals surface area contributed by atoms with Gasteiger partial charge < -0.3 is 0 Å². The van der Waals surface area contributed by atoms with Crippen LogP contribution in [0.1, 0.15) is 36.0 Å². The van der Waals surface area contributed by atoms with Crippen LogP contribution in [0.4, 0.5) is 0 Å². The van der Waals surface area contributed by atoms with Crippen molar-refractivity contribution in [1.82, 2.24) is 0 Å². The summed E-state index contributed by atoms with van der Waals surface area (Å²) < 4.78 is 0. The standard InChI is InChI=1S/C33H24/c1-2-12-22(11-1)29-21-30-27-19-8-7-17-25(27)26-18-9-10-20-28(26)33(30)32(24-15-5-6-16-24)31(29)23-13-3-4-14-23/h1-11,13,15,17-21H,12,14,16H2. The molecular weight excluding hydrogens is 396 g/mol. The van der Waals surface area contributed by atoms with Crippen LogP contribution in [0.5, 0.6) is 0 Å². The second kappa shape index (κ2) is 7.32. The molecule has 4 aromatic carbocycles. The summed E-state index contributed by atoms with van der Waals surface area (Å²) in [6, 6.07) is 20.4. The zero-order valence-corrected chi connectivity index (χ0v) is 18.5. The van der Waals surface area contributed by atoms with Crippen molar-refractivity contribution in [3.63, 3.8) is 0 Å². The molecule has 33 heavy (non-hydrogen) atoms. The van der Waals surface area contributed by atoms with Crippen molar-refractivity contribution in [2.45, 2.75) is 19.3 Å². The topological polar surface area (TPSA) is 0 Å². The van der Waals surface area contributed by atoms with E-state index in [1.165, 1.54) is 65.7 Å². The lowest BCUT2D eigenvalue weighted by Crippen LogP contribution is -2.01. The maximum Gasteiger partial charge on any atom is -0.00169 e. The molecule has 0 fully saturated rings. The van der Waals surface area contributed by atoms with E-state index in [0.29, 0.717) is 0 Å². The number of fused-ring (bicyclic) bond motifs is 6. The van der Waals surface area contributed by atoms with Gasteiger partial charge in [0.2, 0.25) is 0 Å². The maximum atomic E-state index is 2.49. The molecular formula is C33H24. The quantitative estimate of drug-likeness (QED) is 0.290. The van der Waals surface area contributed by atoms with E-state index in [4.69, 9.17) is 0 Å². The van der Waals surface area contributed by atoms with Crippen molar-refractivity contribution in [3.8, 4) is 0 Å². The SMILES string of the molecule is C1=CCC(c2cc3c4ccccc4c4ccccc4c3c(C3=CC=CC3)c2C2=CC=CC2)=C1. The molecule has 0 saturated heterocycles. The summed E-state index contributed by atoms with van der Waals surface area (Å²) in [7, 11) is 0. The summed E-state index contributed by atoms with van der Waals surface area (Å²) in [4.78, 5) is 0. The monoisotopic (exact) mass is 420 g/mol. The van der Waals surface area contributed by atoms with E-state index in [1.54, 1.807) is 0 Å². The Labute approximate surface area is 194 Å². The van der Waals surface area contributed by atoms with E-state index in [-0.39, 0.29) is 0 Å². The van der Waals surface area contributed by atoms with Gasteiger partial charge in [0.25, 0.3) is 0 Å². The third-order valence-corrected chi connectivity index (χ3v) is 7.33. The second-order valence-corrected chi connectivity index (χ2v) is 9.16. The van der Waals surface area contributed by atoms with Gasteiger partial charge in [0.05, 0.1) is 0 Å². The van der Waals surface area contributed by atoms with E-state index in [9.17, 15) is 0 Å². The fraction of sp³-hybridized carbons (Fsp3) is 0.0909. The highest BCUT2D eigenvalue weighted by Crippen LogP contribution is 2.47. The molecule has 3 aliphatic carbocycles. The predicted octanol–water partition coefficient (Wildman–Crippen LogP) is 9.18. The van der Waals surface area contributed by atoms with E-state index < -0.39 is 0 Å². The molecule has 0 aromatic heterocycles. The highest BCUT2D eigenvalue weighted by molar-refractivity contribution is 6.28. The molecule has 0 bridgehead atoms. The molecule has 0 unspecified atom stereocenters. The van der Waals surface area contributed by atoms with Crippen molar-refractivity contribution in [1.29, 1.82) is 0 Å². The molecule has 0 spiro atoms. The van der Waals surface area contributed by atoms with Crippen LogP contribution < -0.4 is 0 Å². The molecule has 4 aromatic rings. The van der Waals surface area contributed by atoms with Crippen molar-refractivity contribution < 1.29 is 0 Å². The van der Waals surface area contributed by atoms with Gasteiger partial charge in [0, 0.05) is 0 Å². The molecule has 0 amide bonds. The van der Waals surface area contributed by atoms with Crippen LogP contribution in [0.15, 0.2) is 109 Å². The minimum Gasteiger partial charge on any atom is -0.0801 e. The van der Waals surface area contributed by atoms with Gasteiger partial charge in [-0.25, -0.2) is 0 Å². The molecule has 156 valence electrons. The first-order valence-corrected chi connectivity index (χ1v) is 11.9. The van der Waals surface area contributed by atoms with Gasteiger partial charge in [-0.2, -0.15) is 0 Å². The first-order chi connectivity index (χ1) is 16.4.